The highest BCUT2D eigenvalue weighted by atomic mass is 32.1. The maximum Gasteiger partial charge on any atom is 0.449 e. The molecule has 0 heterocycles. The maximum atomic E-state index is 11.6. The van der Waals surface area contributed by atoms with Crippen LogP contribution in [0, 0.1) is 0 Å². The van der Waals surface area contributed by atoms with Crippen LogP contribution >= 0.6 is 15.4 Å². The van der Waals surface area contributed by atoms with Gasteiger partial charge in [-0.1, -0.05) is 100 Å². The summed E-state index contributed by atoms with van der Waals surface area (Å²) in [6.07, 6.45) is 22.3. The maximum absolute atomic E-state index is 11.6. The summed E-state index contributed by atoms with van der Waals surface area (Å²) in [7, 11) is -3.22. The number of carbonyl (C=O) groups is 1. The molecule has 0 radical (unpaired) electrons. The van der Waals surface area contributed by atoms with Crippen LogP contribution < -0.4 is 0 Å². The first-order valence-electron chi connectivity index (χ1n) is 15.6. The lowest BCUT2D eigenvalue weighted by atomic mass is 10.1. The van der Waals surface area contributed by atoms with Crippen molar-refractivity contribution in [1.29, 1.82) is 0 Å². The molecule has 0 rings (SSSR count). The lowest BCUT2D eigenvalue weighted by molar-refractivity contribution is -0.595. The van der Waals surface area contributed by atoms with Crippen molar-refractivity contribution in [3.63, 3.8) is 0 Å². The normalized spacial score (nSPS) is 13.8. The van der Waals surface area contributed by atoms with Crippen LogP contribution in [0.2, 0.25) is 0 Å². The molecule has 2 N–H and O–H groups in total. The molecule has 10 nitrogen and oxygen atoms in total. The smallest absolute Gasteiger partial charge is 0.392 e. The van der Waals surface area contributed by atoms with Crippen LogP contribution in [0.4, 0.5) is 0 Å². The molecular formula is C37H72O10P2. The van der Waals surface area contributed by atoms with Gasteiger partial charge in [-0.2, -0.15) is 0 Å². The van der Waals surface area contributed by atoms with Crippen LogP contribution in [0.3, 0.4) is 0 Å². The van der Waals surface area contributed by atoms with Crippen molar-refractivity contribution < 1.29 is 48.3 Å². The van der Waals surface area contributed by atoms with Gasteiger partial charge < -0.3 is 9.84 Å². The molecule has 0 aromatic heterocycles. The van der Waals surface area contributed by atoms with Crippen LogP contribution in [0.5, 0.6) is 0 Å². The van der Waals surface area contributed by atoms with Gasteiger partial charge in [-0.15, -0.1) is 4.67 Å². The second kappa shape index (κ2) is 42.3. The summed E-state index contributed by atoms with van der Waals surface area (Å²) in [5.74, 6) is 0. The molecule has 0 saturated carbocycles. The third-order valence-electron chi connectivity index (χ3n) is 6.23. The molecular weight excluding hydrogens is 666 g/mol. The minimum atomic E-state index is -3.99. The van der Waals surface area contributed by atoms with Gasteiger partial charge in [-0.25, -0.2) is 9.82 Å². The number of methoxy groups -OCH3 is 1. The number of hydrogen-bond acceptors (Lipinski definition) is 10. The Labute approximate surface area is 301 Å². The third-order valence-corrected chi connectivity index (χ3v) is 8.30. The number of carbonyl (C=O) groups excluding carboxylic acids is 1. The molecule has 0 amide bonds. The molecule has 0 bridgehead atoms. The van der Waals surface area contributed by atoms with E-state index < -0.39 is 15.4 Å². The predicted molar refractivity (Wildman–Crippen MR) is 208 cm³/mol. The Bertz CT molecular complexity index is 1030. The molecule has 0 fully saturated rings. The molecule has 1 atom stereocenters. The highest BCUT2D eigenvalue weighted by molar-refractivity contribution is 8.14. The fourth-order valence-corrected chi connectivity index (χ4v) is 4.47. The lowest BCUT2D eigenvalue weighted by Gasteiger charge is -2.07. The molecule has 0 aliphatic rings. The van der Waals surface area contributed by atoms with E-state index in [-0.39, 0.29) is 35.5 Å². The van der Waals surface area contributed by atoms with E-state index in [0.29, 0.717) is 6.61 Å². The van der Waals surface area contributed by atoms with E-state index in [1.165, 1.54) is 16.7 Å². The van der Waals surface area contributed by atoms with Crippen molar-refractivity contribution in [2.75, 3.05) is 26.9 Å². The zero-order valence-corrected chi connectivity index (χ0v) is 31.4. The highest BCUT2D eigenvalue weighted by Gasteiger charge is 2.27. The van der Waals surface area contributed by atoms with Crippen molar-refractivity contribution in [2.45, 2.75) is 135 Å². The molecule has 12 heteroatoms. The van der Waals surface area contributed by atoms with Gasteiger partial charge in [0, 0.05) is 13.7 Å². The Balaban J connectivity index is -0.000000148. The molecule has 49 heavy (non-hydrogen) atoms. The molecule has 0 spiro atoms. The Morgan fingerprint density at radius 3 is 1.57 bits per heavy atom. The Morgan fingerprint density at radius 1 is 0.714 bits per heavy atom. The summed E-state index contributed by atoms with van der Waals surface area (Å²) in [6, 6.07) is 0. The largest absolute Gasteiger partial charge is 0.449 e. The van der Waals surface area contributed by atoms with Crippen LogP contribution in [-0.2, 0) is 37.9 Å². The van der Waals surface area contributed by atoms with Crippen molar-refractivity contribution in [3.8, 4) is 0 Å². The SMILES string of the molecule is C.C.C.CC/C=C(\C)CC/C=C(\C)C=O.CC/C=C(\C)CC/C=C(\C)CO.COCC/C(C)=C/CC/C(C)=C/COP(=O)(OOOO)P=O. The van der Waals surface area contributed by atoms with E-state index in [9.17, 15) is 13.9 Å². The fourth-order valence-electron chi connectivity index (χ4n) is 3.49. The minimum Gasteiger partial charge on any atom is -0.392 e. The molecule has 0 aliphatic carbocycles. The van der Waals surface area contributed by atoms with Crippen LogP contribution in [-0.4, -0.2) is 43.6 Å². The summed E-state index contributed by atoms with van der Waals surface area (Å²) < 4.78 is 36.1. The van der Waals surface area contributed by atoms with E-state index in [4.69, 9.17) is 19.6 Å². The van der Waals surface area contributed by atoms with Gasteiger partial charge in [0.05, 0.1) is 13.2 Å². The Morgan fingerprint density at radius 2 is 1.16 bits per heavy atom. The van der Waals surface area contributed by atoms with Gasteiger partial charge >= 0.3 is 7.28 Å². The standard InChI is InChI=1S/C12H22O8P2.C11H20O.C11H18O.3CH4/c1-11(7-9-16-3)5-4-6-12(2)8-10-17-22(15,21-14)20-19-18-13;2*1-4-6-10(2)7-5-8-11(3)9-12;;;/h5,8,13H,4,6-7,9-10H2,1-3H3;6,8,12H,4-5,7,9H2,1-3H3;6,8-9H,4-5,7H2,1-3H3;3*1H4/b11-5+,12-8+;2*10-6+,11-8+;;;. The van der Waals surface area contributed by atoms with Crippen molar-refractivity contribution >= 4 is 21.7 Å². The first-order valence-corrected chi connectivity index (χ1v) is 18.7. The van der Waals surface area contributed by atoms with Gasteiger partial charge in [0.25, 0.3) is 8.15 Å². The van der Waals surface area contributed by atoms with Gasteiger partial charge in [-0.3, -0.25) is 13.9 Å². The molecule has 0 saturated heterocycles. The van der Waals surface area contributed by atoms with Gasteiger partial charge in [0.2, 0.25) is 0 Å². The lowest BCUT2D eigenvalue weighted by Crippen LogP contribution is -1.94. The molecule has 290 valence electrons. The van der Waals surface area contributed by atoms with Gasteiger partial charge in [0.1, 0.15) is 6.29 Å². The number of aliphatic hydroxyl groups excluding tert-OH is 1. The molecule has 0 aromatic carbocycles. The van der Waals surface area contributed by atoms with E-state index in [0.717, 1.165) is 80.8 Å². The zero-order valence-electron chi connectivity index (χ0n) is 29.6. The van der Waals surface area contributed by atoms with Gasteiger partial charge in [-0.05, 0) is 115 Å². The number of hydrogen-bond donors (Lipinski definition) is 2. The predicted octanol–water partition coefficient (Wildman–Crippen LogP) is 12.7. The summed E-state index contributed by atoms with van der Waals surface area (Å²) in [6.45, 7) is 17.1. The summed E-state index contributed by atoms with van der Waals surface area (Å²) >= 11 is 0. The first kappa shape index (κ1) is 59.3. The van der Waals surface area contributed by atoms with Crippen molar-refractivity contribution in [1.82, 2.24) is 0 Å². The van der Waals surface area contributed by atoms with Gasteiger partial charge in [0.15, 0.2) is 0 Å². The second-order valence-electron chi connectivity index (χ2n) is 10.7. The third kappa shape index (κ3) is 44.1. The minimum absolute atomic E-state index is 0. The summed E-state index contributed by atoms with van der Waals surface area (Å²) in [5, 5.41) is 23.3. The average molecular weight is 739 g/mol. The van der Waals surface area contributed by atoms with Crippen LogP contribution in [0.1, 0.15) is 135 Å². The fraction of sp³-hybridized carbons (Fsp3) is 0.649. The van der Waals surface area contributed by atoms with E-state index >= 15 is 0 Å². The number of aldehydes is 1. The number of ether oxygens (including phenoxy) is 1. The van der Waals surface area contributed by atoms with E-state index in [1.54, 1.807) is 13.2 Å². The quantitative estimate of drug-likeness (QED) is 0.0260. The van der Waals surface area contributed by atoms with Crippen molar-refractivity contribution in [3.05, 3.63) is 69.9 Å². The van der Waals surface area contributed by atoms with Crippen LogP contribution in [0.15, 0.2) is 69.9 Å². The Hall–Kier alpha value is -1.84. The van der Waals surface area contributed by atoms with Crippen LogP contribution in [0.25, 0.3) is 0 Å². The van der Waals surface area contributed by atoms with Crippen molar-refractivity contribution in [2.24, 2.45) is 0 Å². The number of rotatable bonds is 23. The summed E-state index contributed by atoms with van der Waals surface area (Å²) in [4.78, 5) is 10.2. The topological polar surface area (TPSA) is 138 Å². The molecule has 0 aliphatic heterocycles. The van der Waals surface area contributed by atoms with E-state index in [1.807, 2.05) is 33.8 Å². The average Bonchev–Trinajstić information content (AvgIpc) is 3.03. The van der Waals surface area contributed by atoms with E-state index in [2.05, 4.69) is 66.8 Å². The Kier molecular flexibility index (Phi) is 51.2. The molecule has 0 aromatic rings. The first-order chi connectivity index (χ1) is 21.9. The number of aliphatic hydroxyl groups is 1. The summed E-state index contributed by atoms with van der Waals surface area (Å²) in [5.41, 5.74) is 7.03. The molecule has 1 unspecified atom stereocenters. The zero-order chi connectivity index (χ0) is 35.6. The highest BCUT2D eigenvalue weighted by Crippen LogP contribution is 2.60. The second-order valence-corrected chi connectivity index (χ2v) is 14.2. The monoisotopic (exact) mass is 738 g/mol. The number of allylic oxidation sites excluding steroid dienone is 9.